The third kappa shape index (κ3) is 3.12. The van der Waals surface area contributed by atoms with Gasteiger partial charge in [0.15, 0.2) is 0 Å². The van der Waals surface area contributed by atoms with Crippen molar-refractivity contribution in [1.29, 1.82) is 0 Å². The van der Waals surface area contributed by atoms with Crippen LogP contribution in [0.4, 0.5) is 5.69 Å². The van der Waals surface area contributed by atoms with E-state index in [4.69, 9.17) is 5.11 Å². The molecule has 0 amide bonds. The Kier molecular flexibility index (Phi) is 3.51. The Morgan fingerprint density at radius 3 is 2.95 bits per heavy atom. The molecule has 19 heavy (non-hydrogen) atoms. The lowest BCUT2D eigenvalue weighted by Crippen LogP contribution is -2.07. The highest BCUT2D eigenvalue weighted by Crippen LogP contribution is 2.21. The number of aromatic nitrogens is 3. The van der Waals surface area contributed by atoms with Gasteiger partial charge < -0.3 is 5.11 Å². The van der Waals surface area contributed by atoms with Crippen LogP contribution >= 0.6 is 0 Å². The van der Waals surface area contributed by atoms with Gasteiger partial charge in [-0.15, -0.1) is 0 Å². The molecule has 2 aromatic rings. The number of rotatable bonds is 5. The number of carboxylic acid groups (broad SMARTS) is 1. The Labute approximate surface area is 107 Å². The number of aliphatic carboxylic acids is 1. The number of carboxylic acids is 1. The SMILES string of the molecule is O=C(O)CCn1ncc(-c2cccc([N+](=O)[O-])c2)n1. The summed E-state index contributed by atoms with van der Waals surface area (Å²) in [6.07, 6.45) is 1.37. The van der Waals surface area contributed by atoms with E-state index in [1.165, 1.54) is 23.1 Å². The monoisotopic (exact) mass is 262 g/mol. The summed E-state index contributed by atoms with van der Waals surface area (Å²) in [5.74, 6) is -0.936. The molecule has 1 heterocycles. The maximum atomic E-state index is 10.7. The molecule has 0 aliphatic carbocycles. The van der Waals surface area contributed by atoms with E-state index in [9.17, 15) is 14.9 Å². The smallest absolute Gasteiger partial charge is 0.305 e. The van der Waals surface area contributed by atoms with Crippen LogP contribution in [0.1, 0.15) is 6.42 Å². The lowest BCUT2D eigenvalue weighted by atomic mass is 10.1. The minimum atomic E-state index is -0.936. The average molecular weight is 262 g/mol. The van der Waals surface area contributed by atoms with Gasteiger partial charge in [0, 0.05) is 17.7 Å². The number of nitro benzene ring substituents is 1. The zero-order valence-corrected chi connectivity index (χ0v) is 9.76. The number of non-ortho nitro benzene ring substituents is 1. The van der Waals surface area contributed by atoms with Crippen molar-refractivity contribution in [3.63, 3.8) is 0 Å². The number of benzene rings is 1. The molecule has 0 saturated carbocycles. The van der Waals surface area contributed by atoms with Crippen LogP contribution in [-0.4, -0.2) is 31.0 Å². The topological polar surface area (TPSA) is 111 Å². The highest BCUT2D eigenvalue weighted by molar-refractivity contribution is 5.66. The van der Waals surface area contributed by atoms with Crippen molar-refractivity contribution >= 4 is 11.7 Å². The maximum Gasteiger partial charge on any atom is 0.305 e. The van der Waals surface area contributed by atoms with Gasteiger partial charge in [0.2, 0.25) is 0 Å². The largest absolute Gasteiger partial charge is 0.481 e. The molecule has 2 rings (SSSR count). The molecule has 0 bridgehead atoms. The van der Waals surface area contributed by atoms with Crippen LogP contribution in [0.25, 0.3) is 11.3 Å². The lowest BCUT2D eigenvalue weighted by molar-refractivity contribution is -0.384. The second-order valence-electron chi connectivity index (χ2n) is 3.78. The minimum Gasteiger partial charge on any atom is -0.481 e. The van der Waals surface area contributed by atoms with E-state index in [0.29, 0.717) is 11.3 Å². The lowest BCUT2D eigenvalue weighted by Gasteiger charge is -1.97. The average Bonchev–Trinajstić information content (AvgIpc) is 2.85. The minimum absolute atomic E-state index is 0.0300. The highest BCUT2D eigenvalue weighted by atomic mass is 16.6. The molecule has 8 heteroatoms. The summed E-state index contributed by atoms with van der Waals surface area (Å²) in [7, 11) is 0. The number of nitrogens with zero attached hydrogens (tertiary/aromatic N) is 4. The third-order valence-electron chi connectivity index (χ3n) is 2.41. The summed E-state index contributed by atoms with van der Waals surface area (Å²) in [5.41, 5.74) is 1.00. The Balaban J connectivity index is 2.20. The molecular weight excluding hydrogens is 252 g/mol. The van der Waals surface area contributed by atoms with Gasteiger partial charge in [-0.1, -0.05) is 12.1 Å². The van der Waals surface area contributed by atoms with E-state index < -0.39 is 10.9 Å². The van der Waals surface area contributed by atoms with Crippen LogP contribution < -0.4 is 0 Å². The van der Waals surface area contributed by atoms with Gasteiger partial charge in [-0.3, -0.25) is 14.9 Å². The van der Waals surface area contributed by atoms with E-state index in [1.54, 1.807) is 12.1 Å². The number of hydrogen-bond acceptors (Lipinski definition) is 5. The van der Waals surface area contributed by atoms with Gasteiger partial charge in [0.1, 0.15) is 5.69 Å². The zero-order valence-electron chi connectivity index (χ0n) is 9.76. The Morgan fingerprint density at radius 1 is 1.47 bits per heavy atom. The van der Waals surface area contributed by atoms with Crippen LogP contribution in [0.3, 0.4) is 0 Å². The van der Waals surface area contributed by atoms with Crippen LogP contribution in [-0.2, 0) is 11.3 Å². The predicted molar refractivity (Wildman–Crippen MR) is 64.4 cm³/mol. The Bertz CT molecular complexity index is 623. The Morgan fingerprint density at radius 2 is 2.26 bits per heavy atom. The summed E-state index contributed by atoms with van der Waals surface area (Å²) >= 11 is 0. The van der Waals surface area contributed by atoms with Gasteiger partial charge in [-0.25, -0.2) is 0 Å². The molecule has 0 spiro atoms. The molecule has 0 aliphatic heterocycles. The first-order valence-corrected chi connectivity index (χ1v) is 5.43. The van der Waals surface area contributed by atoms with Crippen molar-refractivity contribution in [3.8, 4) is 11.3 Å². The number of nitro groups is 1. The fourth-order valence-corrected chi connectivity index (χ4v) is 1.51. The molecule has 0 aliphatic rings. The standard InChI is InChI=1S/C11H10N4O4/c16-11(17)4-5-14-12-7-10(13-14)8-2-1-3-9(6-8)15(18)19/h1-3,6-7H,4-5H2,(H,16,17). The summed E-state index contributed by atoms with van der Waals surface area (Å²) in [6.45, 7) is 0.157. The van der Waals surface area contributed by atoms with E-state index >= 15 is 0 Å². The molecule has 0 saturated heterocycles. The van der Waals surface area contributed by atoms with E-state index in [2.05, 4.69) is 10.2 Å². The highest BCUT2D eigenvalue weighted by Gasteiger charge is 2.10. The summed E-state index contributed by atoms with van der Waals surface area (Å²) in [5, 5.41) is 27.2. The zero-order chi connectivity index (χ0) is 13.8. The van der Waals surface area contributed by atoms with Crippen LogP contribution in [0.15, 0.2) is 30.5 Å². The van der Waals surface area contributed by atoms with Crippen molar-refractivity contribution in [2.24, 2.45) is 0 Å². The number of aryl methyl sites for hydroxylation is 1. The molecule has 0 unspecified atom stereocenters. The molecular formula is C11H10N4O4. The molecule has 1 N–H and O–H groups in total. The van der Waals surface area contributed by atoms with Gasteiger partial charge >= 0.3 is 5.97 Å². The van der Waals surface area contributed by atoms with Crippen molar-refractivity contribution in [3.05, 3.63) is 40.6 Å². The third-order valence-corrected chi connectivity index (χ3v) is 2.41. The molecule has 8 nitrogen and oxygen atoms in total. The molecule has 1 aromatic heterocycles. The second kappa shape index (κ2) is 5.25. The van der Waals surface area contributed by atoms with Crippen LogP contribution in [0.5, 0.6) is 0 Å². The number of carbonyl (C=O) groups is 1. The quantitative estimate of drug-likeness (QED) is 0.642. The van der Waals surface area contributed by atoms with Crippen LogP contribution in [0.2, 0.25) is 0 Å². The first-order chi connectivity index (χ1) is 9.06. The van der Waals surface area contributed by atoms with E-state index in [1.807, 2.05) is 0 Å². The second-order valence-corrected chi connectivity index (χ2v) is 3.78. The molecule has 0 fully saturated rings. The summed E-state index contributed by atoms with van der Waals surface area (Å²) in [6, 6.07) is 6.02. The fraction of sp³-hybridized carbons (Fsp3) is 0.182. The number of hydrogen-bond donors (Lipinski definition) is 1. The van der Waals surface area contributed by atoms with Crippen molar-refractivity contribution < 1.29 is 14.8 Å². The maximum absolute atomic E-state index is 10.7. The fourth-order valence-electron chi connectivity index (χ4n) is 1.51. The van der Waals surface area contributed by atoms with E-state index in [-0.39, 0.29) is 18.7 Å². The van der Waals surface area contributed by atoms with E-state index in [0.717, 1.165) is 0 Å². The van der Waals surface area contributed by atoms with Gasteiger partial charge in [-0.2, -0.15) is 15.0 Å². The first kappa shape index (κ1) is 12.7. The van der Waals surface area contributed by atoms with Crippen molar-refractivity contribution in [2.45, 2.75) is 13.0 Å². The van der Waals surface area contributed by atoms with Crippen molar-refractivity contribution in [2.75, 3.05) is 0 Å². The predicted octanol–water partition coefficient (Wildman–Crippen LogP) is 1.33. The van der Waals surface area contributed by atoms with Gasteiger partial charge in [0.25, 0.3) is 5.69 Å². The van der Waals surface area contributed by atoms with Crippen LogP contribution in [0, 0.1) is 10.1 Å². The molecule has 0 radical (unpaired) electrons. The first-order valence-electron chi connectivity index (χ1n) is 5.43. The molecule has 98 valence electrons. The van der Waals surface area contributed by atoms with Crippen molar-refractivity contribution in [1.82, 2.24) is 15.0 Å². The molecule has 0 atom stereocenters. The summed E-state index contributed by atoms with van der Waals surface area (Å²) in [4.78, 5) is 21.9. The van der Waals surface area contributed by atoms with Gasteiger partial charge in [-0.05, 0) is 0 Å². The molecule has 1 aromatic carbocycles. The van der Waals surface area contributed by atoms with Gasteiger partial charge in [0.05, 0.1) is 24.1 Å². The Hall–Kier alpha value is -2.77. The normalized spacial score (nSPS) is 10.3. The summed E-state index contributed by atoms with van der Waals surface area (Å²) < 4.78 is 0.